The van der Waals surface area contributed by atoms with Gasteiger partial charge in [0.2, 0.25) is 0 Å². The van der Waals surface area contributed by atoms with E-state index in [4.69, 9.17) is 5.11 Å². The number of aromatic nitrogens is 3. The minimum atomic E-state index is -0.995. The Hall–Kier alpha value is -2.90. The fourth-order valence-electron chi connectivity index (χ4n) is 1.69. The largest absolute Gasteiger partial charge is 0.480 e. The van der Waals surface area contributed by atoms with E-state index in [-0.39, 0.29) is 12.6 Å². The smallest absolute Gasteiger partial charge is 0.325 e. The molecule has 0 saturated heterocycles. The molecule has 0 saturated carbocycles. The third-order valence-electron chi connectivity index (χ3n) is 2.61. The van der Waals surface area contributed by atoms with E-state index in [2.05, 4.69) is 20.7 Å². The molecule has 2 amide bonds. The van der Waals surface area contributed by atoms with Gasteiger partial charge in [-0.05, 0) is 18.1 Å². The van der Waals surface area contributed by atoms with Crippen molar-refractivity contribution in [2.45, 2.75) is 13.0 Å². The number of urea groups is 1. The third kappa shape index (κ3) is 4.94. The number of hydrogen-bond acceptors (Lipinski definition) is 4. The zero-order valence-electron chi connectivity index (χ0n) is 11.2. The van der Waals surface area contributed by atoms with Crippen molar-refractivity contribution >= 4 is 17.7 Å². The van der Waals surface area contributed by atoms with Gasteiger partial charge in [0.05, 0.1) is 11.9 Å². The number of nitrogens with one attached hydrogen (secondary N) is 2. The van der Waals surface area contributed by atoms with Gasteiger partial charge in [-0.3, -0.25) is 14.5 Å². The number of anilines is 1. The first-order valence-corrected chi connectivity index (χ1v) is 6.31. The molecule has 8 heteroatoms. The van der Waals surface area contributed by atoms with E-state index >= 15 is 0 Å². The van der Waals surface area contributed by atoms with E-state index in [1.165, 1.54) is 17.1 Å². The number of amides is 2. The van der Waals surface area contributed by atoms with E-state index in [0.29, 0.717) is 18.7 Å². The lowest BCUT2D eigenvalue weighted by atomic mass is 10.2. The molecule has 2 rings (SSSR count). The van der Waals surface area contributed by atoms with Crippen molar-refractivity contribution in [1.82, 2.24) is 20.1 Å². The van der Waals surface area contributed by atoms with Crippen LogP contribution in [0, 0.1) is 0 Å². The Morgan fingerprint density at radius 1 is 1.33 bits per heavy atom. The SMILES string of the molecule is O=C(O)Cn1cc(NC(=O)NCCc2cccnc2)cn1. The summed E-state index contributed by atoms with van der Waals surface area (Å²) >= 11 is 0. The van der Waals surface area contributed by atoms with Crippen molar-refractivity contribution in [3.63, 3.8) is 0 Å². The third-order valence-corrected chi connectivity index (χ3v) is 2.61. The second kappa shape index (κ2) is 7.04. The highest BCUT2D eigenvalue weighted by molar-refractivity contribution is 5.88. The number of rotatable bonds is 6. The molecule has 110 valence electrons. The molecular formula is C13H15N5O3. The summed E-state index contributed by atoms with van der Waals surface area (Å²) in [6.07, 6.45) is 6.96. The lowest BCUT2D eigenvalue weighted by Crippen LogP contribution is -2.30. The van der Waals surface area contributed by atoms with Gasteiger partial charge in [-0.1, -0.05) is 6.07 Å². The average Bonchev–Trinajstić information content (AvgIpc) is 2.86. The van der Waals surface area contributed by atoms with Crippen LogP contribution in [0.15, 0.2) is 36.9 Å². The summed E-state index contributed by atoms with van der Waals surface area (Å²) in [5, 5.41) is 17.7. The zero-order valence-corrected chi connectivity index (χ0v) is 11.2. The molecule has 0 aliphatic rings. The van der Waals surface area contributed by atoms with Gasteiger partial charge < -0.3 is 15.7 Å². The number of pyridine rings is 1. The van der Waals surface area contributed by atoms with E-state index < -0.39 is 5.97 Å². The fraction of sp³-hybridized carbons (Fsp3) is 0.231. The topological polar surface area (TPSA) is 109 Å². The van der Waals surface area contributed by atoms with Gasteiger partial charge in [-0.15, -0.1) is 0 Å². The highest BCUT2D eigenvalue weighted by Crippen LogP contribution is 2.04. The summed E-state index contributed by atoms with van der Waals surface area (Å²) < 4.78 is 1.23. The van der Waals surface area contributed by atoms with Crippen LogP contribution in [0.25, 0.3) is 0 Å². The lowest BCUT2D eigenvalue weighted by molar-refractivity contribution is -0.137. The Balaban J connectivity index is 1.74. The van der Waals surface area contributed by atoms with Crippen molar-refractivity contribution in [1.29, 1.82) is 0 Å². The van der Waals surface area contributed by atoms with Gasteiger partial charge in [0, 0.05) is 25.1 Å². The van der Waals surface area contributed by atoms with Crippen LogP contribution in [0.1, 0.15) is 5.56 Å². The molecule has 8 nitrogen and oxygen atoms in total. The molecular weight excluding hydrogens is 274 g/mol. The molecule has 0 bridgehead atoms. The van der Waals surface area contributed by atoms with Gasteiger partial charge in [-0.25, -0.2) is 4.79 Å². The van der Waals surface area contributed by atoms with Crippen molar-refractivity contribution in [3.05, 3.63) is 42.5 Å². The number of carbonyl (C=O) groups is 2. The van der Waals surface area contributed by atoms with Crippen LogP contribution >= 0.6 is 0 Å². The molecule has 0 atom stereocenters. The van der Waals surface area contributed by atoms with Crippen LogP contribution in [-0.2, 0) is 17.8 Å². The molecule has 0 aliphatic carbocycles. The molecule has 0 unspecified atom stereocenters. The van der Waals surface area contributed by atoms with Crippen LogP contribution in [-0.4, -0.2) is 38.4 Å². The van der Waals surface area contributed by atoms with Gasteiger partial charge in [-0.2, -0.15) is 5.10 Å². The maximum absolute atomic E-state index is 11.6. The Labute approximate surface area is 120 Å². The number of nitrogens with zero attached hydrogens (tertiary/aromatic N) is 3. The van der Waals surface area contributed by atoms with E-state index in [1.54, 1.807) is 12.4 Å². The molecule has 21 heavy (non-hydrogen) atoms. The molecule has 2 heterocycles. The van der Waals surface area contributed by atoms with Crippen LogP contribution < -0.4 is 10.6 Å². The predicted octanol–water partition coefficient (Wildman–Crippen LogP) is 0.727. The summed E-state index contributed by atoms with van der Waals surface area (Å²) in [7, 11) is 0. The molecule has 3 N–H and O–H groups in total. The van der Waals surface area contributed by atoms with Crippen LogP contribution in [0.2, 0.25) is 0 Å². The summed E-state index contributed by atoms with van der Waals surface area (Å²) in [5.74, 6) is -0.995. The van der Waals surface area contributed by atoms with E-state index in [0.717, 1.165) is 5.56 Å². The van der Waals surface area contributed by atoms with Gasteiger partial charge in [0.25, 0.3) is 0 Å². The molecule has 2 aromatic rings. The van der Waals surface area contributed by atoms with Gasteiger partial charge in [0.15, 0.2) is 0 Å². The average molecular weight is 289 g/mol. The predicted molar refractivity (Wildman–Crippen MR) is 74.8 cm³/mol. The van der Waals surface area contributed by atoms with Crippen molar-refractivity contribution < 1.29 is 14.7 Å². The number of aliphatic carboxylic acids is 1. The first-order valence-electron chi connectivity index (χ1n) is 6.31. The highest BCUT2D eigenvalue weighted by Gasteiger charge is 2.05. The molecule has 0 aromatic carbocycles. The Morgan fingerprint density at radius 3 is 2.90 bits per heavy atom. The Morgan fingerprint density at radius 2 is 2.19 bits per heavy atom. The van der Waals surface area contributed by atoms with Gasteiger partial charge in [0.1, 0.15) is 6.54 Å². The molecule has 0 aliphatic heterocycles. The fourth-order valence-corrected chi connectivity index (χ4v) is 1.69. The quantitative estimate of drug-likeness (QED) is 0.726. The molecule has 0 fully saturated rings. The minimum absolute atomic E-state index is 0.246. The second-order valence-electron chi connectivity index (χ2n) is 4.31. The summed E-state index contributed by atoms with van der Waals surface area (Å²) in [6.45, 7) is 0.227. The van der Waals surface area contributed by atoms with Crippen LogP contribution in [0.5, 0.6) is 0 Å². The molecule has 2 aromatic heterocycles. The first-order chi connectivity index (χ1) is 10.1. The number of hydrogen-bond donors (Lipinski definition) is 3. The number of carbonyl (C=O) groups excluding carboxylic acids is 1. The minimum Gasteiger partial charge on any atom is -0.480 e. The van der Waals surface area contributed by atoms with Gasteiger partial charge >= 0.3 is 12.0 Å². The number of carboxylic acids is 1. The molecule has 0 spiro atoms. The van der Waals surface area contributed by atoms with Crippen LogP contribution in [0.4, 0.5) is 10.5 Å². The highest BCUT2D eigenvalue weighted by atomic mass is 16.4. The monoisotopic (exact) mass is 289 g/mol. The summed E-state index contributed by atoms with van der Waals surface area (Å²) in [5.41, 5.74) is 1.47. The Bertz CT molecular complexity index is 611. The Kier molecular flexibility index (Phi) is 4.86. The standard InChI is InChI=1S/C13H15N5O3/c19-12(20)9-18-8-11(7-16-18)17-13(21)15-5-3-10-2-1-4-14-6-10/h1-2,4,6-8H,3,5,9H2,(H,19,20)(H2,15,17,21). The number of carboxylic acid groups (broad SMARTS) is 1. The second-order valence-corrected chi connectivity index (χ2v) is 4.31. The van der Waals surface area contributed by atoms with E-state index in [1.807, 2.05) is 12.1 Å². The summed E-state index contributed by atoms with van der Waals surface area (Å²) in [6, 6.07) is 3.41. The summed E-state index contributed by atoms with van der Waals surface area (Å²) in [4.78, 5) is 26.1. The molecule has 0 radical (unpaired) electrons. The first kappa shape index (κ1) is 14.5. The maximum atomic E-state index is 11.6. The van der Waals surface area contributed by atoms with E-state index in [9.17, 15) is 9.59 Å². The lowest BCUT2D eigenvalue weighted by Gasteiger charge is -2.05. The van der Waals surface area contributed by atoms with Crippen molar-refractivity contribution in [2.24, 2.45) is 0 Å². The van der Waals surface area contributed by atoms with Crippen molar-refractivity contribution in [2.75, 3.05) is 11.9 Å². The van der Waals surface area contributed by atoms with Crippen molar-refractivity contribution in [3.8, 4) is 0 Å². The zero-order chi connectivity index (χ0) is 15.1. The normalized spacial score (nSPS) is 10.1. The van der Waals surface area contributed by atoms with Crippen LogP contribution in [0.3, 0.4) is 0 Å². The maximum Gasteiger partial charge on any atom is 0.325 e.